The highest BCUT2D eigenvalue weighted by Crippen LogP contribution is 2.11. The number of nitrogens with zero attached hydrogens (tertiary/aromatic N) is 1. The molecule has 0 aromatic heterocycles. The Morgan fingerprint density at radius 1 is 1.48 bits per heavy atom. The van der Waals surface area contributed by atoms with Gasteiger partial charge in [-0.2, -0.15) is 0 Å². The molecule has 1 aliphatic heterocycles. The molecule has 1 unspecified atom stereocenters. The summed E-state index contributed by atoms with van der Waals surface area (Å²) in [4.78, 5) is 13.4. The highest BCUT2D eigenvalue weighted by atomic mass is 19.1. The number of carbonyl (C=O) groups excluding carboxylic acids is 1. The minimum absolute atomic E-state index is 0.102. The van der Waals surface area contributed by atoms with Crippen LogP contribution in [0.3, 0.4) is 0 Å². The van der Waals surface area contributed by atoms with Gasteiger partial charge in [0, 0.05) is 28.9 Å². The van der Waals surface area contributed by atoms with Gasteiger partial charge in [-0.05, 0) is 38.5 Å². The molecule has 1 atom stereocenters. The first kappa shape index (κ1) is 14.9. The van der Waals surface area contributed by atoms with Gasteiger partial charge in [-0.25, -0.2) is 9.18 Å². The number of hydrogen-bond donors (Lipinski definition) is 1. The minimum Gasteiger partial charge on any atom is -0.444 e. The van der Waals surface area contributed by atoms with E-state index < -0.39 is 18.2 Å². The lowest BCUT2D eigenvalue weighted by atomic mass is 10.2. The number of hydrogen-bond acceptors (Lipinski definition) is 4. The molecule has 0 saturated carbocycles. The molecule has 1 amide bonds. The molecule has 1 aliphatic rings. The topological polar surface area (TPSA) is 50.8 Å². The molecule has 1 heterocycles. The van der Waals surface area contributed by atoms with Gasteiger partial charge in [0.2, 0.25) is 0 Å². The second-order valence-electron chi connectivity index (χ2n) is 6.48. The van der Waals surface area contributed by atoms with Crippen LogP contribution in [0.15, 0.2) is 24.3 Å². The number of ether oxygens (including phenoxy) is 2. The van der Waals surface area contributed by atoms with Crippen LogP contribution in [0.5, 0.6) is 0 Å². The molecule has 1 aromatic carbocycles. The van der Waals surface area contributed by atoms with Crippen molar-refractivity contribution in [2.45, 2.75) is 39.0 Å². The molecule has 0 aliphatic carbocycles. The summed E-state index contributed by atoms with van der Waals surface area (Å²) in [5.41, 5.74) is 0.231. The first-order valence-corrected chi connectivity index (χ1v) is 7.63. The summed E-state index contributed by atoms with van der Waals surface area (Å²) in [6.07, 6.45) is -0.883. The van der Waals surface area contributed by atoms with E-state index in [1.54, 1.807) is 37.8 Å². The van der Waals surface area contributed by atoms with Crippen LogP contribution >= 0.6 is 0 Å². The van der Waals surface area contributed by atoms with Crippen molar-refractivity contribution in [1.82, 2.24) is 10.2 Å². The highest BCUT2D eigenvalue weighted by Gasteiger charge is 2.22. The number of nitrogens with one attached hydrogen (secondary N) is 1. The molecule has 0 bridgehead atoms. The fourth-order valence-electron chi connectivity index (χ4n) is 2.17. The normalized spacial score (nSPS) is 22.9. The number of morpholine rings is 1. The predicted octanol–water partition coefficient (Wildman–Crippen LogP) is 2.55. The van der Waals surface area contributed by atoms with Crippen LogP contribution in [0.1, 0.15) is 29.1 Å². The van der Waals surface area contributed by atoms with Gasteiger partial charge >= 0.3 is 6.09 Å². The first-order valence-electron chi connectivity index (χ1n) is 8.63. The molecule has 5 nitrogen and oxygen atoms in total. The molecule has 6 heteroatoms. The summed E-state index contributed by atoms with van der Waals surface area (Å²) >= 11 is 0. The van der Waals surface area contributed by atoms with Gasteiger partial charge in [-0.1, -0.05) is 12.1 Å². The number of halogens is 1. The number of carbonyl (C=O) groups is 1. The molecule has 1 saturated heterocycles. The molecule has 1 N–H and O–H groups in total. The summed E-state index contributed by atoms with van der Waals surface area (Å²) in [5, 5.41) is 2.64. The second kappa shape index (κ2) is 7.75. The van der Waals surface area contributed by atoms with Crippen molar-refractivity contribution >= 4 is 6.09 Å². The fourth-order valence-corrected chi connectivity index (χ4v) is 2.17. The Balaban J connectivity index is 1.91. The van der Waals surface area contributed by atoms with Gasteiger partial charge in [0.1, 0.15) is 11.4 Å². The molecule has 23 heavy (non-hydrogen) atoms. The van der Waals surface area contributed by atoms with Crippen molar-refractivity contribution in [2.24, 2.45) is 0 Å². The maximum Gasteiger partial charge on any atom is 0.407 e. The van der Waals surface area contributed by atoms with Crippen molar-refractivity contribution in [2.75, 3.05) is 26.2 Å². The third-order valence-corrected chi connectivity index (χ3v) is 3.19. The lowest BCUT2D eigenvalue weighted by Crippen LogP contribution is -2.47. The van der Waals surface area contributed by atoms with Crippen LogP contribution in [0.4, 0.5) is 9.18 Å². The fraction of sp³-hybridized carbons (Fsp3) is 0.588. The van der Waals surface area contributed by atoms with Crippen LogP contribution in [-0.4, -0.2) is 48.9 Å². The van der Waals surface area contributed by atoms with Crippen LogP contribution in [0.25, 0.3) is 0 Å². The maximum atomic E-state index is 13.0. The molecule has 2 rings (SSSR count). The minimum atomic E-state index is -1.63. The smallest absolute Gasteiger partial charge is 0.407 e. The zero-order chi connectivity index (χ0) is 18.7. The Kier molecular flexibility index (Phi) is 5.02. The maximum absolute atomic E-state index is 13.0. The predicted molar refractivity (Wildman–Crippen MR) is 85.7 cm³/mol. The van der Waals surface area contributed by atoms with Crippen LogP contribution in [0.2, 0.25) is 0 Å². The Hall–Kier alpha value is -1.66. The van der Waals surface area contributed by atoms with Crippen molar-refractivity contribution in [3.63, 3.8) is 0 Å². The van der Waals surface area contributed by atoms with Gasteiger partial charge in [-0.3, -0.25) is 4.90 Å². The Labute approximate surface area is 139 Å². The molecule has 0 spiro atoms. The average Bonchev–Trinajstić information content (AvgIpc) is 2.48. The van der Waals surface area contributed by atoms with E-state index in [1.165, 1.54) is 12.1 Å². The molecule has 128 valence electrons. The average molecular weight is 326 g/mol. The molecule has 0 radical (unpaired) electrons. The highest BCUT2D eigenvalue weighted by molar-refractivity contribution is 5.67. The monoisotopic (exact) mass is 326 g/mol. The third kappa shape index (κ3) is 6.54. The lowest BCUT2D eigenvalue weighted by Gasteiger charge is -2.33. The number of alkyl carbamates (subject to hydrolysis) is 1. The third-order valence-electron chi connectivity index (χ3n) is 3.19. The van der Waals surface area contributed by atoms with Crippen LogP contribution in [-0.2, 0) is 16.0 Å². The van der Waals surface area contributed by atoms with E-state index >= 15 is 0 Å². The van der Waals surface area contributed by atoms with Crippen molar-refractivity contribution in [1.29, 1.82) is 0 Å². The van der Waals surface area contributed by atoms with Gasteiger partial charge in [-0.15, -0.1) is 0 Å². The lowest BCUT2D eigenvalue weighted by molar-refractivity contribution is -0.0313. The van der Waals surface area contributed by atoms with Crippen LogP contribution < -0.4 is 5.32 Å². The summed E-state index contributed by atoms with van der Waals surface area (Å²) in [5.74, 6) is -0.326. The van der Waals surface area contributed by atoms with Crippen molar-refractivity contribution in [3.8, 4) is 0 Å². The molecule has 1 fully saturated rings. The summed E-state index contributed by atoms with van der Waals surface area (Å²) < 4.78 is 39.9. The van der Waals surface area contributed by atoms with Crippen molar-refractivity contribution < 1.29 is 21.4 Å². The Bertz CT molecular complexity index is 591. The summed E-state index contributed by atoms with van der Waals surface area (Å²) in [7, 11) is 0. The van der Waals surface area contributed by atoms with E-state index in [9.17, 15) is 9.18 Å². The van der Waals surface area contributed by atoms with E-state index in [0.717, 1.165) is 5.56 Å². The quantitative estimate of drug-likeness (QED) is 0.924. The molecular weight excluding hydrogens is 299 g/mol. The first-order chi connectivity index (χ1) is 11.5. The van der Waals surface area contributed by atoms with Gasteiger partial charge in [0.25, 0.3) is 0 Å². The van der Waals surface area contributed by atoms with Crippen LogP contribution in [0, 0.1) is 5.82 Å². The summed E-state index contributed by atoms with van der Waals surface area (Å²) in [6, 6.07) is 5.98. The standard InChI is InChI=1S/C17H25FN2O3/c1-17(2,3)23-16(21)19-10-15-12-20(8-9-22-15)11-13-4-6-14(18)7-5-13/h4-7,15H,8-12H2,1-3H3,(H,19,21)/i8D2. The second-order valence-corrected chi connectivity index (χ2v) is 6.48. The largest absolute Gasteiger partial charge is 0.444 e. The van der Waals surface area contributed by atoms with E-state index in [1.807, 2.05) is 0 Å². The number of amides is 1. The number of rotatable bonds is 4. The Morgan fingerprint density at radius 2 is 2.17 bits per heavy atom. The SMILES string of the molecule is [2H]C1([2H])COC(CNC(=O)OC(C)(C)C)CN1Cc1ccc(F)cc1. The van der Waals surface area contributed by atoms with Gasteiger partial charge in [0.15, 0.2) is 0 Å². The van der Waals surface area contributed by atoms with Gasteiger partial charge in [0.05, 0.1) is 12.7 Å². The van der Waals surface area contributed by atoms with E-state index in [2.05, 4.69) is 5.32 Å². The molecular formula is C17H25FN2O3. The zero-order valence-corrected chi connectivity index (χ0v) is 13.8. The van der Waals surface area contributed by atoms with E-state index in [4.69, 9.17) is 12.2 Å². The Morgan fingerprint density at radius 3 is 2.83 bits per heavy atom. The zero-order valence-electron chi connectivity index (χ0n) is 15.8. The number of benzene rings is 1. The van der Waals surface area contributed by atoms with E-state index in [-0.39, 0.29) is 25.1 Å². The van der Waals surface area contributed by atoms with Crippen molar-refractivity contribution in [3.05, 3.63) is 35.6 Å². The summed E-state index contributed by atoms with van der Waals surface area (Å²) in [6.45, 7) is 4.48. The van der Waals surface area contributed by atoms with E-state index in [0.29, 0.717) is 13.1 Å². The van der Waals surface area contributed by atoms with Gasteiger partial charge < -0.3 is 14.8 Å². The molecule has 1 aromatic rings.